The van der Waals surface area contributed by atoms with E-state index in [-0.39, 0.29) is 24.3 Å². The molecule has 25 heavy (non-hydrogen) atoms. The molecule has 0 radical (unpaired) electrons. The van der Waals surface area contributed by atoms with E-state index < -0.39 is 0 Å². The minimum absolute atomic E-state index is 0.0193. The fraction of sp³-hybridized carbons (Fsp3) is 0.300. The Balaban J connectivity index is 1.83. The summed E-state index contributed by atoms with van der Waals surface area (Å²) in [5.41, 5.74) is 5.10. The summed E-state index contributed by atoms with van der Waals surface area (Å²) in [6, 6.07) is 5.55. The van der Waals surface area contributed by atoms with Crippen LogP contribution in [0.25, 0.3) is 6.08 Å². The van der Waals surface area contributed by atoms with E-state index in [1.807, 2.05) is 32.2 Å². The number of benzene rings is 2. The molecule has 1 atom stereocenters. The number of phenolic OH excluding ortho intramolecular Hbond substituents is 2. The SMILES string of the molecule is C=Cc1cc2c(c(C)c1C1Cc3ccc(O)c(O)c3CN1C)OCO2. The number of aromatic hydroxyl groups is 2. The van der Waals surface area contributed by atoms with Crippen LogP contribution in [-0.2, 0) is 13.0 Å². The molecule has 1 unspecified atom stereocenters. The summed E-state index contributed by atoms with van der Waals surface area (Å²) in [6.45, 7) is 6.81. The molecule has 2 heterocycles. The average Bonchev–Trinajstić information content (AvgIpc) is 3.07. The monoisotopic (exact) mass is 339 g/mol. The second-order valence-corrected chi connectivity index (χ2v) is 6.65. The van der Waals surface area contributed by atoms with Gasteiger partial charge in [-0.25, -0.2) is 0 Å². The maximum atomic E-state index is 10.2. The molecule has 0 amide bonds. The van der Waals surface area contributed by atoms with E-state index in [4.69, 9.17) is 9.47 Å². The Labute approximate surface area is 146 Å². The molecule has 0 spiro atoms. The molecule has 2 aromatic carbocycles. The van der Waals surface area contributed by atoms with Crippen molar-refractivity contribution in [3.63, 3.8) is 0 Å². The van der Waals surface area contributed by atoms with Gasteiger partial charge in [-0.15, -0.1) is 0 Å². The van der Waals surface area contributed by atoms with Crippen LogP contribution in [-0.4, -0.2) is 29.0 Å². The van der Waals surface area contributed by atoms with Crippen molar-refractivity contribution in [1.29, 1.82) is 0 Å². The fourth-order valence-electron chi connectivity index (χ4n) is 3.94. The molecular weight excluding hydrogens is 318 g/mol. The molecule has 4 rings (SSSR count). The van der Waals surface area contributed by atoms with Crippen molar-refractivity contribution in [1.82, 2.24) is 4.90 Å². The summed E-state index contributed by atoms with van der Waals surface area (Å²) >= 11 is 0. The highest BCUT2D eigenvalue weighted by molar-refractivity contribution is 5.65. The number of hydrogen-bond acceptors (Lipinski definition) is 5. The van der Waals surface area contributed by atoms with Gasteiger partial charge in [0.25, 0.3) is 0 Å². The van der Waals surface area contributed by atoms with Gasteiger partial charge in [-0.1, -0.05) is 18.7 Å². The molecule has 2 aliphatic heterocycles. The molecular formula is C20H21NO4. The van der Waals surface area contributed by atoms with Gasteiger partial charge in [0.15, 0.2) is 23.0 Å². The van der Waals surface area contributed by atoms with E-state index in [1.54, 1.807) is 6.07 Å². The van der Waals surface area contributed by atoms with Gasteiger partial charge >= 0.3 is 0 Å². The van der Waals surface area contributed by atoms with Crippen molar-refractivity contribution in [3.05, 3.63) is 52.6 Å². The maximum absolute atomic E-state index is 10.2. The first-order chi connectivity index (χ1) is 12.0. The number of ether oxygens (including phenoxy) is 2. The fourth-order valence-corrected chi connectivity index (χ4v) is 3.94. The van der Waals surface area contributed by atoms with Crippen LogP contribution < -0.4 is 9.47 Å². The molecule has 0 aliphatic carbocycles. The third-order valence-corrected chi connectivity index (χ3v) is 5.25. The van der Waals surface area contributed by atoms with E-state index in [0.29, 0.717) is 6.54 Å². The zero-order chi connectivity index (χ0) is 17.7. The van der Waals surface area contributed by atoms with Crippen LogP contribution in [0.5, 0.6) is 23.0 Å². The van der Waals surface area contributed by atoms with Crippen molar-refractivity contribution in [2.24, 2.45) is 0 Å². The molecule has 0 fully saturated rings. The Kier molecular flexibility index (Phi) is 3.62. The molecule has 0 aromatic heterocycles. The van der Waals surface area contributed by atoms with E-state index in [1.165, 1.54) is 5.56 Å². The predicted molar refractivity (Wildman–Crippen MR) is 95.1 cm³/mol. The van der Waals surface area contributed by atoms with Crippen LogP contribution in [0.3, 0.4) is 0 Å². The van der Waals surface area contributed by atoms with E-state index in [9.17, 15) is 10.2 Å². The van der Waals surface area contributed by atoms with E-state index in [2.05, 4.69) is 11.5 Å². The first kappa shape index (κ1) is 15.8. The quantitative estimate of drug-likeness (QED) is 0.820. The molecule has 130 valence electrons. The standard InChI is InChI=1S/C20H21NO4/c1-4-12-8-17-20(25-10-24-17)11(2)18(12)15-7-13-5-6-16(22)19(23)14(13)9-21(15)3/h4-6,8,15,22-23H,1,7,9-10H2,2-3H3. The summed E-state index contributed by atoms with van der Waals surface area (Å²) < 4.78 is 11.2. The Morgan fingerprint density at radius 1 is 1.28 bits per heavy atom. The van der Waals surface area contributed by atoms with Crippen LogP contribution in [0.4, 0.5) is 0 Å². The van der Waals surface area contributed by atoms with Crippen molar-refractivity contribution >= 4 is 6.08 Å². The van der Waals surface area contributed by atoms with Crippen molar-refractivity contribution in [2.75, 3.05) is 13.8 Å². The summed E-state index contributed by atoms with van der Waals surface area (Å²) in [4.78, 5) is 2.18. The summed E-state index contributed by atoms with van der Waals surface area (Å²) in [7, 11) is 2.02. The Morgan fingerprint density at radius 3 is 2.84 bits per heavy atom. The lowest BCUT2D eigenvalue weighted by atomic mass is 9.85. The molecule has 0 saturated heterocycles. The average molecular weight is 339 g/mol. The van der Waals surface area contributed by atoms with Gasteiger partial charge in [0, 0.05) is 23.7 Å². The highest BCUT2D eigenvalue weighted by atomic mass is 16.7. The second kappa shape index (κ2) is 5.70. The lowest BCUT2D eigenvalue weighted by molar-refractivity contribution is 0.173. The lowest BCUT2D eigenvalue weighted by Gasteiger charge is -2.36. The Bertz CT molecular complexity index is 875. The van der Waals surface area contributed by atoms with Crippen molar-refractivity contribution < 1.29 is 19.7 Å². The summed E-state index contributed by atoms with van der Waals surface area (Å²) in [6.07, 6.45) is 2.59. The van der Waals surface area contributed by atoms with Gasteiger partial charge in [-0.05, 0) is 49.2 Å². The minimum Gasteiger partial charge on any atom is -0.504 e. The number of phenols is 2. The van der Waals surface area contributed by atoms with E-state index >= 15 is 0 Å². The topological polar surface area (TPSA) is 62.2 Å². The third-order valence-electron chi connectivity index (χ3n) is 5.25. The summed E-state index contributed by atoms with van der Waals surface area (Å²) in [5.74, 6) is 1.47. The van der Waals surface area contributed by atoms with Gasteiger partial charge in [0.1, 0.15) is 0 Å². The number of rotatable bonds is 2. The second-order valence-electron chi connectivity index (χ2n) is 6.65. The van der Waals surface area contributed by atoms with Gasteiger partial charge in [0.05, 0.1) is 0 Å². The smallest absolute Gasteiger partial charge is 0.231 e. The highest BCUT2D eigenvalue weighted by Crippen LogP contribution is 2.46. The van der Waals surface area contributed by atoms with Crippen LogP contribution >= 0.6 is 0 Å². The minimum atomic E-state index is -0.0726. The van der Waals surface area contributed by atoms with Gasteiger partial charge in [-0.3, -0.25) is 4.90 Å². The third kappa shape index (κ3) is 2.35. The van der Waals surface area contributed by atoms with Crippen molar-refractivity contribution in [3.8, 4) is 23.0 Å². The van der Waals surface area contributed by atoms with Gasteiger partial charge in [0.2, 0.25) is 6.79 Å². The zero-order valence-electron chi connectivity index (χ0n) is 14.4. The maximum Gasteiger partial charge on any atom is 0.231 e. The number of fused-ring (bicyclic) bond motifs is 2. The predicted octanol–water partition coefficient (Wildman–Crippen LogP) is 3.51. The Hall–Kier alpha value is -2.66. The number of likely N-dealkylation sites (N-methyl/N-ethyl adjacent to an activating group) is 1. The molecule has 0 saturated carbocycles. The molecule has 2 aromatic rings. The molecule has 5 nitrogen and oxygen atoms in total. The number of hydrogen-bond donors (Lipinski definition) is 2. The molecule has 2 aliphatic rings. The van der Waals surface area contributed by atoms with Crippen LogP contribution in [0, 0.1) is 6.92 Å². The van der Waals surface area contributed by atoms with Gasteiger partial charge in [-0.2, -0.15) is 0 Å². The highest BCUT2D eigenvalue weighted by Gasteiger charge is 2.32. The molecule has 2 N–H and O–H groups in total. The molecule has 0 bridgehead atoms. The number of nitrogens with zero attached hydrogens (tertiary/aromatic N) is 1. The lowest BCUT2D eigenvalue weighted by Crippen LogP contribution is -2.32. The molecule has 5 heteroatoms. The Morgan fingerprint density at radius 2 is 2.08 bits per heavy atom. The van der Waals surface area contributed by atoms with Crippen LogP contribution in [0.1, 0.15) is 33.9 Å². The largest absolute Gasteiger partial charge is 0.504 e. The first-order valence-electron chi connectivity index (χ1n) is 8.29. The summed E-state index contributed by atoms with van der Waals surface area (Å²) in [5, 5.41) is 19.9. The van der Waals surface area contributed by atoms with Crippen LogP contribution in [0.15, 0.2) is 24.8 Å². The van der Waals surface area contributed by atoms with Crippen LogP contribution in [0.2, 0.25) is 0 Å². The van der Waals surface area contributed by atoms with Crippen molar-refractivity contribution in [2.45, 2.75) is 25.9 Å². The van der Waals surface area contributed by atoms with Gasteiger partial charge < -0.3 is 19.7 Å². The zero-order valence-corrected chi connectivity index (χ0v) is 14.4. The first-order valence-corrected chi connectivity index (χ1v) is 8.29. The van der Waals surface area contributed by atoms with E-state index in [0.717, 1.165) is 40.2 Å². The normalized spacial score (nSPS) is 18.9.